The molecule has 1 saturated heterocycles. The normalized spacial score (nSPS) is 15.2. The highest BCUT2D eigenvalue weighted by Crippen LogP contribution is 2.32. The first-order valence-corrected chi connectivity index (χ1v) is 7.38. The number of benzene rings is 1. The zero-order valence-electron chi connectivity index (χ0n) is 11.4. The minimum absolute atomic E-state index is 0.157. The lowest BCUT2D eigenvalue weighted by Gasteiger charge is -2.27. The summed E-state index contributed by atoms with van der Waals surface area (Å²) in [6, 6.07) is 3.45. The first kappa shape index (κ1) is 15.4. The lowest BCUT2D eigenvalue weighted by molar-refractivity contribution is -0.131. The van der Waals surface area contributed by atoms with Crippen molar-refractivity contribution < 1.29 is 9.53 Å². The molecule has 1 aliphatic rings. The second-order valence-corrected chi connectivity index (χ2v) is 5.55. The molecule has 1 aromatic carbocycles. The van der Waals surface area contributed by atoms with E-state index >= 15 is 0 Å². The van der Waals surface area contributed by atoms with Gasteiger partial charge in [0, 0.05) is 37.6 Å². The number of carbonyl (C=O) groups excluding carboxylic acids is 1. The van der Waals surface area contributed by atoms with Gasteiger partial charge >= 0.3 is 0 Å². The molecule has 0 aliphatic carbocycles. The molecular weight excluding hydrogens is 299 g/mol. The summed E-state index contributed by atoms with van der Waals surface area (Å²) in [4.78, 5) is 14.0. The average Bonchev–Trinajstić information content (AvgIpc) is 2.45. The minimum atomic E-state index is 0.157. The molecule has 0 bridgehead atoms. The summed E-state index contributed by atoms with van der Waals surface area (Å²) in [7, 11) is 1.57. The topological polar surface area (TPSA) is 41.6 Å². The standard InChI is InChI=1S/C14H18Cl2N2O2/c1-20-14-10(8-11(15)9-12(14)16)2-3-13(19)18-6-4-17-5-7-18/h8-9,17H,2-7H2,1H3. The molecule has 1 heterocycles. The minimum Gasteiger partial charge on any atom is -0.495 e. The van der Waals surface area contributed by atoms with Crippen LogP contribution in [0.2, 0.25) is 10.0 Å². The molecule has 0 aromatic heterocycles. The summed E-state index contributed by atoms with van der Waals surface area (Å²) >= 11 is 12.1. The van der Waals surface area contributed by atoms with Crippen LogP contribution < -0.4 is 10.1 Å². The third-order valence-corrected chi connectivity index (χ3v) is 3.87. The molecule has 4 nitrogen and oxygen atoms in total. The van der Waals surface area contributed by atoms with Gasteiger partial charge in [-0.15, -0.1) is 0 Å². The zero-order valence-corrected chi connectivity index (χ0v) is 12.9. The van der Waals surface area contributed by atoms with Crippen molar-refractivity contribution >= 4 is 29.1 Å². The van der Waals surface area contributed by atoms with Crippen LogP contribution in [-0.4, -0.2) is 44.1 Å². The number of rotatable bonds is 4. The Morgan fingerprint density at radius 3 is 2.70 bits per heavy atom. The van der Waals surface area contributed by atoms with Gasteiger partial charge in [-0.1, -0.05) is 23.2 Å². The number of aryl methyl sites for hydroxylation is 1. The quantitative estimate of drug-likeness (QED) is 0.927. The van der Waals surface area contributed by atoms with Crippen molar-refractivity contribution in [3.63, 3.8) is 0 Å². The van der Waals surface area contributed by atoms with Gasteiger partial charge in [0.25, 0.3) is 0 Å². The van der Waals surface area contributed by atoms with E-state index in [9.17, 15) is 4.79 Å². The maximum absolute atomic E-state index is 12.1. The molecule has 2 rings (SSSR count). The Labute approximate surface area is 129 Å². The predicted octanol–water partition coefficient (Wildman–Crippen LogP) is 2.37. The van der Waals surface area contributed by atoms with Crippen LogP contribution in [0.15, 0.2) is 12.1 Å². The van der Waals surface area contributed by atoms with E-state index in [0.29, 0.717) is 28.6 Å². The molecule has 6 heteroatoms. The van der Waals surface area contributed by atoms with E-state index < -0.39 is 0 Å². The summed E-state index contributed by atoms with van der Waals surface area (Å²) in [5.41, 5.74) is 0.869. The van der Waals surface area contributed by atoms with Gasteiger partial charge in [0.15, 0.2) is 0 Å². The monoisotopic (exact) mass is 316 g/mol. The Morgan fingerprint density at radius 1 is 1.35 bits per heavy atom. The molecule has 0 radical (unpaired) electrons. The number of carbonyl (C=O) groups is 1. The van der Waals surface area contributed by atoms with E-state index in [1.807, 2.05) is 4.90 Å². The summed E-state index contributed by atoms with van der Waals surface area (Å²) in [5, 5.41) is 4.26. The van der Waals surface area contributed by atoms with Crippen LogP contribution in [-0.2, 0) is 11.2 Å². The summed E-state index contributed by atoms with van der Waals surface area (Å²) in [5.74, 6) is 0.758. The largest absolute Gasteiger partial charge is 0.495 e. The second kappa shape index (κ2) is 7.16. The third kappa shape index (κ3) is 3.78. The van der Waals surface area contributed by atoms with E-state index in [-0.39, 0.29) is 5.91 Å². The van der Waals surface area contributed by atoms with Crippen LogP contribution in [0.3, 0.4) is 0 Å². The first-order chi connectivity index (χ1) is 9.61. The maximum Gasteiger partial charge on any atom is 0.222 e. The molecule has 0 spiro atoms. The van der Waals surface area contributed by atoms with Gasteiger partial charge < -0.3 is 15.0 Å². The molecule has 1 fully saturated rings. The van der Waals surface area contributed by atoms with Gasteiger partial charge in [0.2, 0.25) is 5.91 Å². The van der Waals surface area contributed by atoms with Crippen molar-refractivity contribution in [2.24, 2.45) is 0 Å². The van der Waals surface area contributed by atoms with Crippen molar-refractivity contribution in [2.75, 3.05) is 33.3 Å². The lowest BCUT2D eigenvalue weighted by Crippen LogP contribution is -2.46. The third-order valence-electron chi connectivity index (χ3n) is 3.37. The number of halogens is 2. The van der Waals surface area contributed by atoms with Crippen LogP contribution in [0.1, 0.15) is 12.0 Å². The van der Waals surface area contributed by atoms with E-state index in [0.717, 1.165) is 31.7 Å². The highest BCUT2D eigenvalue weighted by Gasteiger charge is 2.17. The van der Waals surface area contributed by atoms with Crippen LogP contribution in [0.5, 0.6) is 5.75 Å². The molecular formula is C14H18Cl2N2O2. The Balaban J connectivity index is 2.01. The van der Waals surface area contributed by atoms with Crippen molar-refractivity contribution in [3.8, 4) is 5.75 Å². The van der Waals surface area contributed by atoms with E-state index in [2.05, 4.69) is 5.32 Å². The van der Waals surface area contributed by atoms with Gasteiger partial charge in [-0.25, -0.2) is 0 Å². The molecule has 0 atom stereocenters. The van der Waals surface area contributed by atoms with Gasteiger partial charge in [0.05, 0.1) is 12.1 Å². The number of hydrogen-bond acceptors (Lipinski definition) is 3. The van der Waals surface area contributed by atoms with Gasteiger partial charge in [-0.2, -0.15) is 0 Å². The molecule has 1 aliphatic heterocycles. The molecule has 20 heavy (non-hydrogen) atoms. The number of piperazine rings is 1. The summed E-state index contributed by atoms with van der Waals surface area (Å²) in [6.07, 6.45) is 1.01. The van der Waals surface area contributed by atoms with Gasteiger partial charge in [0.1, 0.15) is 5.75 Å². The number of nitrogens with zero attached hydrogens (tertiary/aromatic N) is 1. The van der Waals surface area contributed by atoms with Gasteiger partial charge in [-0.3, -0.25) is 4.79 Å². The van der Waals surface area contributed by atoms with Crippen LogP contribution in [0, 0.1) is 0 Å². The summed E-state index contributed by atoms with van der Waals surface area (Å²) < 4.78 is 5.28. The number of hydrogen-bond donors (Lipinski definition) is 1. The fourth-order valence-electron chi connectivity index (χ4n) is 2.34. The number of methoxy groups -OCH3 is 1. The maximum atomic E-state index is 12.1. The van der Waals surface area contributed by atoms with Crippen LogP contribution in [0.4, 0.5) is 0 Å². The smallest absolute Gasteiger partial charge is 0.222 e. The summed E-state index contributed by atoms with van der Waals surface area (Å²) in [6.45, 7) is 3.26. The SMILES string of the molecule is COc1c(Cl)cc(Cl)cc1CCC(=O)N1CCNCC1. The Morgan fingerprint density at radius 2 is 2.05 bits per heavy atom. The molecule has 0 unspecified atom stereocenters. The molecule has 110 valence electrons. The van der Waals surface area contributed by atoms with Crippen molar-refractivity contribution in [1.29, 1.82) is 0 Å². The molecule has 1 aromatic rings. The van der Waals surface area contributed by atoms with Crippen molar-refractivity contribution in [2.45, 2.75) is 12.8 Å². The Bertz CT molecular complexity index is 488. The highest BCUT2D eigenvalue weighted by atomic mass is 35.5. The molecule has 1 N–H and O–H groups in total. The Hall–Kier alpha value is -0.970. The van der Waals surface area contributed by atoms with Gasteiger partial charge in [-0.05, 0) is 24.1 Å². The van der Waals surface area contributed by atoms with E-state index in [1.165, 1.54) is 0 Å². The highest BCUT2D eigenvalue weighted by molar-refractivity contribution is 6.35. The van der Waals surface area contributed by atoms with Crippen molar-refractivity contribution in [3.05, 3.63) is 27.7 Å². The lowest BCUT2D eigenvalue weighted by atomic mass is 10.1. The number of nitrogens with one attached hydrogen (secondary N) is 1. The predicted molar refractivity (Wildman–Crippen MR) is 80.8 cm³/mol. The fourth-order valence-corrected chi connectivity index (χ4v) is 2.95. The molecule has 1 amide bonds. The average molecular weight is 317 g/mol. The van der Waals surface area contributed by atoms with E-state index in [4.69, 9.17) is 27.9 Å². The zero-order chi connectivity index (χ0) is 14.5. The second-order valence-electron chi connectivity index (χ2n) is 4.71. The number of amides is 1. The first-order valence-electron chi connectivity index (χ1n) is 6.62. The van der Waals surface area contributed by atoms with E-state index in [1.54, 1.807) is 19.2 Å². The van der Waals surface area contributed by atoms with Crippen LogP contribution in [0.25, 0.3) is 0 Å². The number of ether oxygens (including phenoxy) is 1. The van der Waals surface area contributed by atoms with Crippen molar-refractivity contribution in [1.82, 2.24) is 10.2 Å². The molecule has 0 saturated carbocycles. The Kier molecular flexibility index (Phi) is 5.52. The fraction of sp³-hybridized carbons (Fsp3) is 0.500. The van der Waals surface area contributed by atoms with Crippen LogP contribution >= 0.6 is 23.2 Å².